The normalized spacial score (nSPS) is 10.3. The van der Waals surface area contributed by atoms with E-state index in [0.717, 1.165) is 24.3 Å². The Bertz CT molecular complexity index is 549. The largest absolute Gasteiger partial charge is 0.494 e. The van der Waals surface area contributed by atoms with Crippen molar-refractivity contribution in [2.45, 2.75) is 19.9 Å². The summed E-state index contributed by atoms with van der Waals surface area (Å²) in [7, 11) is 0. The number of aromatic nitrogens is 3. The SMILES string of the molecule is CCCOc1cccc(CNn2cn[nH]c2=S)c1. The maximum absolute atomic E-state index is 5.58. The highest BCUT2D eigenvalue weighted by Crippen LogP contribution is 2.13. The standard InChI is InChI=1S/C12H16N4OS/c1-2-6-17-11-5-3-4-10(7-11)8-14-16-9-13-15-12(16)18/h3-5,7,9,14H,2,6,8H2,1H3,(H,15,18). The van der Waals surface area contributed by atoms with Gasteiger partial charge in [0.15, 0.2) is 0 Å². The Morgan fingerprint density at radius 2 is 2.39 bits per heavy atom. The van der Waals surface area contributed by atoms with E-state index in [9.17, 15) is 0 Å². The lowest BCUT2D eigenvalue weighted by molar-refractivity contribution is 0.317. The molecule has 5 nitrogen and oxygen atoms in total. The molecule has 0 spiro atoms. The first kappa shape index (κ1) is 12.6. The summed E-state index contributed by atoms with van der Waals surface area (Å²) < 4.78 is 7.81. The van der Waals surface area contributed by atoms with Crippen LogP contribution in [-0.4, -0.2) is 21.5 Å². The molecule has 0 fully saturated rings. The molecule has 0 radical (unpaired) electrons. The lowest BCUT2D eigenvalue weighted by atomic mass is 10.2. The average molecular weight is 264 g/mol. The molecule has 0 atom stereocenters. The third-order valence-electron chi connectivity index (χ3n) is 2.38. The van der Waals surface area contributed by atoms with Crippen molar-refractivity contribution < 1.29 is 4.74 Å². The van der Waals surface area contributed by atoms with Gasteiger partial charge in [0.1, 0.15) is 12.1 Å². The molecule has 0 unspecified atom stereocenters. The Kier molecular flexibility index (Phi) is 4.35. The number of H-pyrrole nitrogens is 1. The van der Waals surface area contributed by atoms with Gasteiger partial charge in [-0.3, -0.25) is 5.10 Å². The van der Waals surface area contributed by atoms with E-state index >= 15 is 0 Å². The van der Waals surface area contributed by atoms with Crippen LogP contribution in [0.4, 0.5) is 0 Å². The summed E-state index contributed by atoms with van der Waals surface area (Å²) >= 11 is 5.04. The van der Waals surface area contributed by atoms with Crippen LogP contribution in [0.3, 0.4) is 0 Å². The Balaban J connectivity index is 1.97. The second-order valence-corrected chi connectivity index (χ2v) is 4.25. The van der Waals surface area contributed by atoms with Gasteiger partial charge in [-0.25, -0.2) is 4.68 Å². The van der Waals surface area contributed by atoms with Crippen molar-refractivity contribution in [1.82, 2.24) is 14.9 Å². The summed E-state index contributed by atoms with van der Waals surface area (Å²) in [6, 6.07) is 8.00. The highest BCUT2D eigenvalue weighted by Gasteiger charge is 1.98. The van der Waals surface area contributed by atoms with E-state index in [2.05, 4.69) is 22.5 Å². The quantitative estimate of drug-likeness (QED) is 0.787. The van der Waals surface area contributed by atoms with Crippen molar-refractivity contribution in [1.29, 1.82) is 0 Å². The van der Waals surface area contributed by atoms with E-state index in [-0.39, 0.29) is 0 Å². The van der Waals surface area contributed by atoms with Crippen LogP contribution in [0, 0.1) is 4.77 Å². The molecular formula is C12H16N4OS. The molecule has 2 N–H and O–H groups in total. The molecule has 0 bridgehead atoms. The zero-order chi connectivity index (χ0) is 12.8. The van der Waals surface area contributed by atoms with Gasteiger partial charge in [0.2, 0.25) is 4.77 Å². The third-order valence-corrected chi connectivity index (χ3v) is 2.67. The summed E-state index contributed by atoms with van der Waals surface area (Å²) in [5.41, 5.74) is 4.29. The van der Waals surface area contributed by atoms with Crippen LogP contribution in [0.15, 0.2) is 30.6 Å². The lowest BCUT2D eigenvalue weighted by Crippen LogP contribution is -2.13. The van der Waals surface area contributed by atoms with Crippen LogP contribution < -0.4 is 10.2 Å². The topological polar surface area (TPSA) is 54.9 Å². The van der Waals surface area contributed by atoms with Gasteiger partial charge in [0, 0.05) is 0 Å². The first-order chi connectivity index (χ1) is 8.79. The molecule has 96 valence electrons. The molecule has 6 heteroatoms. The van der Waals surface area contributed by atoms with E-state index in [1.54, 1.807) is 11.0 Å². The maximum atomic E-state index is 5.58. The van der Waals surface area contributed by atoms with Gasteiger partial charge >= 0.3 is 0 Å². The van der Waals surface area contributed by atoms with E-state index in [0.29, 0.717) is 11.3 Å². The van der Waals surface area contributed by atoms with Gasteiger partial charge < -0.3 is 10.2 Å². The number of rotatable bonds is 6. The minimum atomic E-state index is 0.549. The highest BCUT2D eigenvalue weighted by atomic mass is 32.1. The van der Waals surface area contributed by atoms with Crippen molar-refractivity contribution in [3.63, 3.8) is 0 Å². The molecule has 1 heterocycles. The van der Waals surface area contributed by atoms with Gasteiger partial charge in [-0.05, 0) is 36.3 Å². The van der Waals surface area contributed by atoms with E-state index in [1.807, 2.05) is 24.3 Å². The minimum absolute atomic E-state index is 0.549. The number of benzene rings is 1. The van der Waals surface area contributed by atoms with Crippen LogP contribution in [-0.2, 0) is 6.54 Å². The fourth-order valence-corrected chi connectivity index (χ4v) is 1.67. The van der Waals surface area contributed by atoms with Gasteiger partial charge in [-0.2, -0.15) is 5.10 Å². The van der Waals surface area contributed by atoms with Crippen LogP contribution >= 0.6 is 12.2 Å². The number of ether oxygens (including phenoxy) is 1. The lowest BCUT2D eigenvalue weighted by Gasteiger charge is -2.09. The molecule has 0 aliphatic rings. The highest BCUT2D eigenvalue weighted by molar-refractivity contribution is 7.71. The molecule has 1 aromatic heterocycles. The summed E-state index contributed by atoms with van der Waals surface area (Å²) in [6.45, 7) is 3.49. The van der Waals surface area contributed by atoms with Crippen LogP contribution in [0.25, 0.3) is 0 Å². The molecule has 0 aliphatic carbocycles. The van der Waals surface area contributed by atoms with Crippen molar-refractivity contribution in [2.75, 3.05) is 12.0 Å². The molecule has 0 aliphatic heterocycles. The second-order valence-electron chi connectivity index (χ2n) is 3.86. The summed E-state index contributed by atoms with van der Waals surface area (Å²) in [6.07, 6.45) is 2.62. The molecule has 2 rings (SSSR count). The summed E-state index contributed by atoms with van der Waals surface area (Å²) in [5.74, 6) is 0.895. The second kappa shape index (κ2) is 6.20. The molecular weight excluding hydrogens is 248 g/mol. The first-order valence-electron chi connectivity index (χ1n) is 5.87. The van der Waals surface area contributed by atoms with Gasteiger partial charge in [0.25, 0.3) is 0 Å². The minimum Gasteiger partial charge on any atom is -0.494 e. The summed E-state index contributed by atoms with van der Waals surface area (Å²) in [4.78, 5) is 0. The predicted octanol–water partition coefficient (Wildman–Crippen LogP) is 2.47. The van der Waals surface area contributed by atoms with Crippen LogP contribution in [0.5, 0.6) is 5.75 Å². The monoisotopic (exact) mass is 264 g/mol. The van der Waals surface area contributed by atoms with Crippen LogP contribution in [0.2, 0.25) is 0 Å². The fraction of sp³-hybridized carbons (Fsp3) is 0.333. The molecule has 0 saturated carbocycles. The van der Waals surface area contributed by atoms with Gasteiger partial charge in [-0.15, -0.1) is 0 Å². The number of aromatic amines is 1. The number of nitrogens with one attached hydrogen (secondary N) is 2. The first-order valence-corrected chi connectivity index (χ1v) is 6.28. The van der Waals surface area contributed by atoms with E-state index in [1.165, 1.54) is 0 Å². The molecule has 0 amide bonds. The Morgan fingerprint density at radius 3 is 3.11 bits per heavy atom. The van der Waals surface area contributed by atoms with Gasteiger partial charge in [-0.1, -0.05) is 19.1 Å². The van der Waals surface area contributed by atoms with Crippen molar-refractivity contribution >= 4 is 12.2 Å². The number of nitrogens with zero attached hydrogens (tertiary/aromatic N) is 2. The number of hydrogen-bond donors (Lipinski definition) is 2. The molecule has 18 heavy (non-hydrogen) atoms. The molecule has 2 aromatic rings. The zero-order valence-corrected chi connectivity index (χ0v) is 11.0. The third kappa shape index (κ3) is 3.33. The van der Waals surface area contributed by atoms with Crippen LogP contribution in [0.1, 0.15) is 18.9 Å². The smallest absolute Gasteiger partial charge is 0.214 e. The van der Waals surface area contributed by atoms with Crippen molar-refractivity contribution in [3.05, 3.63) is 40.9 Å². The molecule has 0 saturated heterocycles. The Labute approximate surface area is 111 Å². The van der Waals surface area contributed by atoms with Crippen molar-refractivity contribution in [2.24, 2.45) is 0 Å². The van der Waals surface area contributed by atoms with E-state index < -0.39 is 0 Å². The molecule has 1 aromatic carbocycles. The Morgan fingerprint density at radius 1 is 1.50 bits per heavy atom. The zero-order valence-electron chi connectivity index (χ0n) is 10.2. The average Bonchev–Trinajstić information content (AvgIpc) is 2.80. The Hall–Kier alpha value is -1.82. The summed E-state index contributed by atoms with van der Waals surface area (Å²) in [5, 5.41) is 6.52. The maximum Gasteiger partial charge on any atom is 0.214 e. The fourth-order valence-electron chi connectivity index (χ4n) is 1.50. The van der Waals surface area contributed by atoms with E-state index in [4.69, 9.17) is 17.0 Å². The van der Waals surface area contributed by atoms with Gasteiger partial charge in [0.05, 0.1) is 13.2 Å². The number of hydrogen-bond acceptors (Lipinski definition) is 4. The van der Waals surface area contributed by atoms with Crippen molar-refractivity contribution in [3.8, 4) is 5.75 Å². The predicted molar refractivity (Wildman–Crippen MR) is 72.7 cm³/mol.